The van der Waals surface area contributed by atoms with Crippen molar-refractivity contribution in [3.05, 3.63) is 57.1 Å². The minimum absolute atomic E-state index is 0.0145. The molecule has 0 aliphatic carbocycles. The van der Waals surface area contributed by atoms with Crippen LogP contribution in [0, 0.1) is 13.8 Å². The minimum Gasteiger partial charge on any atom is -0.507 e. The van der Waals surface area contributed by atoms with E-state index in [0.29, 0.717) is 0 Å². The summed E-state index contributed by atoms with van der Waals surface area (Å²) in [6.07, 6.45) is -5.08. The summed E-state index contributed by atoms with van der Waals surface area (Å²) in [5.74, 6) is -1.72. The van der Waals surface area contributed by atoms with Gasteiger partial charge in [0.1, 0.15) is 5.75 Å². The van der Waals surface area contributed by atoms with Crippen molar-refractivity contribution in [2.75, 3.05) is 12.4 Å². The molecule has 0 saturated carbocycles. The lowest BCUT2D eigenvalue weighted by molar-refractivity contribution is -0.201. The first-order chi connectivity index (χ1) is 12.4. The maximum Gasteiger partial charge on any atom is 0.426 e. The van der Waals surface area contributed by atoms with E-state index in [1.165, 1.54) is 32.0 Å². The van der Waals surface area contributed by atoms with Crippen LogP contribution < -0.4 is 5.32 Å². The first-order valence-corrected chi connectivity index (χ1v) is 8.38. The summed E-state index contributed by atoms with van der Waals surface area (Å²) in [5.41, 5.74) is -3.38. The molecule has 0 radical (unpaired) electrons. The molecule has 0 amide bonds. The van der Waals surface area contributed by atoms with Gasteiger partial charge >= 0.3 is 12.1 Å². The molecule has 2 rings (SSSR count). The molecule has 2 aromatic carbocycles. The maximum atomic E-state index is 14.2. The highest BCUT2D eigenvalue weighted by Crippen LogP contribution is 2.45. The zero-order valence-corrected chi connectivity index (χ0v) is 16.1. The SMILES string of the molecule is COC(=O)[C@](Nc1ccc(Cl)c(Cl)c1)(c1cc(C)c(O)c(C)c1)C(F)(F)F. The minimum atomic E-state index is -5.08. The van der Waals surface area contributed by atoms with Crippen LogP contribution in [0.5, 0.6) is 5.75 Å². The van der Waals surface area contributed by atoms with Crippen LogP contribution in [0.2, 0.25) is 10.0 Å². The molecule has 0 bridgehead atoms. The number of ether oxygens (including phenoxy) is 1. The molecule has 27 heavy (non-hydrogen) atoms. The molecule has 0 aliphatic heterocycles. The molecule has 2 aromatic rings. The Morgan fingerprint density at radius 3 is 2.07 bits per heavy atom. The van der Waals surface area contributed by atoms with E-state index in [2.05, 4.69) is 10.1 Å². The Morgan fingerprint density at radius 2 is 1.63 bits per heavy atom. The summed E-state index contributed by atoms with van der Waals surface area (Å²) < 4.78 is 47.2. The average Bonchev–Trinajstić information content (AvgIpc) is 2.58. The number of phenols is 1. The summed E-state index contributed by atoms with van der Waals surface area (Å²) in [5, 5.41) is 12.3. The van der Waals surface area contributed by atoms with Gasteiger partial charge in [-0.25, -0.2) is 4.79 Å². The van der Waals surface area contributed by atoms with E-state index >= 15 is 0 Å². The summed E-state index contributed by atoms with van der Waals surface area (Å²) in [4.78, 5) is 12.4. The van der Waals surface area contributed by atoms with Crippen molar-refractivity contribution in [2.24, 2.45) is 0 Å². The second kappa shape index (κ2) is 7.48. The van der Waals surface area contributed by atoms with Gasteiger partial charge in [0.2, 0.25) is 0 Å². The first-order valence-electron chi connectivity index (χ1n) is 7.63. The van der Waals surface area contributed by atoms with Gasteiger partial charge in [0.05, 0.1) is 17.2 Å². The summed E-state index contributed by atoms with van der Waals surface area (Å²) in [7, 11) is 0.861. The van der Waals surface area contributed by atoms with E-state index in [4.69, 9.17) is 23.2 Å². The molecule has 0 spiro atoms. The van der Waals surface area contributed by atoms with Gasteiger partial charge in [0.15, 0.2) is 0 Å². The second-order valence-electron chi connectivity index (χ2n) is 5.95. The lowest BCUT2D eigenvalue weighted by atomic mass is 9.86. The zero-order valence-electron chi connectivity index (χ0n) is 14.5. The number of hydrogen-bond acceptors (Lipinski definition) is 4. The Hall–Kier alpha value is -2.12. The Bertz CT molecular complexity index is 864. The smallest absolute Gasteiger partial charge is 0.426 e. The van der Waals surface area contributed by atoms with Gasteiger partial charge in [-0.2, -0.15) is 13.2 Å². The third kappa shape index (κ3) is 3.80. The van der Waals surface area contributed by atoms with Crippen LogP contribution in [0.25, 0.3) is 0 Å². The van der Waals surface area contributed by atoms with E-state index in [0.717, 1.165) is 19.2 Å². The molecule has 0 unspecified atom stereocenters. The average molecular weight is 422 g/mol. The standard InChI is InChI=1S/C18H16Cl2F3NO3/c1-9-6-11(7-10(2)15(9)25)17(16(26)27-3,18(21,22)23)24-12-4-5-13(19)14(20)8-12/h4-8,24-25H,1-3H3/t17-/m1/s1. The summed E-state index contributed by atoms with van der Waals surface area (Å²) >= 11 is 11.7. The number of alkyl halides is 3. The molecule has 146 valence electrons. The van der Waals surface area contributed by atoms with Crippen molar-refractivity contribution in [3.63, 3.8) is 0 Å². The van der Waals surface area contributed by atoms with Crippen molar-refractivity contribution < 1.29 is 27.8 Å². The van der Waals surface area contributed by atoms with Crippen LogP contribution in [-0.4, -0.2) is 24.4 Å². The van der Waals surface area contributed by atoms with Crippen molar-refractivity contribution in [1.29, 1.82) is 0 Å². The van der Waals surface area contributed by atoms with E-state index in [9.17, 15) is 23.1 Å². The van der Waals surface area contributed by atoms with Crippen LogP contribution in [0.4, 0.5) is 18.9 Å². The molecular formula is C18H16Cl2F3NO3. The van der Waals surface area contributed by atoms with Gasteiger partial charge in [-0.05, 0) is 60.9 Å². The highest BCUT2D eigenvalue weighted by molar-refractivity contribution is 6.42. The lowest BCUT2D eigenvalue weighted by Crippen LogP contribution is -2.55. The third-order valence-electron chi connectivity index (χ3n) is 4.09. The number of rotatable bonds is 4. The Kier molecular flexibility index (Phi) is 5.87. The fourth-order valence-electron chi connectivity index (χ4n) is 2.71. The lowest BCUT2D eigenvalue weighted by Gasteiger charge is -2.35. The van der Waals surface area contributed by atoms with Gasteiger partial charge in [-0.1, -0.05) is 23.2 Å². The predicted octanol–water partition coefficient (Wildman–Crippen LogP) is 5.36. The predicted molar refractivity (Wildman–Crippen MR) is 97.4 cm³/mol. The van der Waals surface area contributed by atoms with Crippen LogP contribution in [0.1, 0.15) is 16.7 Å². The normalized spacial score (nSPS) is 13.8. The number of aromatic hydroxyl groups is 1. The third-order valence-corrected chi connectivity index (χ3v) is 4.83. The first kappa shape index (κ1) is 21.2. The molecule has 0 fully saturated rings. The number of halogens is 5. The molecule has 1 atom stereocenters. The molecule has 0 aliphatic rings. The molecule has 4 nitrogen and oxygen atoms in total. The summed E-state index contributed by atoms with van der Waals surface area (Å²) in [6.45, 7) is 2.87. The number of anilines is 1. The molecular weight excluding hydrogens is 406 g/mol. The molecule has 2 N–H and O–H groups in total. The number of methoxy groups -OCH3 is 1. The number of carbonyl (C=O) groups is 1. The Labute approximate surface area is 163 Å². The highest BCUT2D eigenvalue weighted by atomic mass is 35.5. The van der Waals surface area contributed by atoms with Gasteiger partial charge in [0.25, 0.3) is 5.54 Å². The fourth-order valence-corrected chi connectivity index (χ4v) is 3.01. The van der Waals surface area contributed by atoms with Gasteiger partial charge in [-0.3, -0.25) is 0 Å². The van der Waals surface area contributed by atoms with E-state index in [1.807, 2.05) is 0 Å². The number of nitrogens with one attached hydrogen (secondary N) is 1. The number of esters is 1. The van der Waals surface area contributed by atoms with Crippen LogP contribution in [0.3, 0.4) is 0 Å². The largest absolute Gasteiger partial charge is 0.507 e. The molecule has 9 heteroatoms. The number of aryl methyl sites for hydroxylation is 2. The second-order valence-corrected chi connectivity index (χ2v) is 6.77. The monoisotopic (exact) mass is 421 g/mol. The molecule has 0 heterocycles. The van der Waals surface area contributed by atoms with E-state index in [-0.39, 0.29) is 32.6 Å². The molecule has 0 saturated heterocycles. The van der Waals surface area contributed by atoms with Crippen LogP contribution in [-0.2, 0) is 15.1 Å². The van der Waals surface area contributed by atoms with Crippen LogP contribution >= 0.6 is 23.2 Å². The van der Waals surface area contributed by atoms with Crippen molar-refractivity contribution >= 4 is 34.9 Å². The van der Waals surface area contributed by atoms with Crippen molar-refractivity contribution in [3.8, 4) is 5.75 Å². The highest BCUT2D eigenvalue weighted by Gasteiger charge is 2.63. The Balaban J connectivity index is 2.78. The topological polar surface area (TPSA) is 58.6 Å². The van der Waals surface area contributed by atoms with Crippen molar-refractivity contribution in [1.82, 2.24) is 0 Å². The summed E-state index contributed by atoms with van der Waals surface area (Å²) in [6, 6.07) is 5.90. The number of benzene rings is 2. The number of hydrogen-bond donors (Lipinski definition) is 2. The Morgan fingerprint density at radius 1 is 1.07 bits per heavy atom. The van der Waals surface area contributed by atoms with E-state index in [1.54, 1.807) is 0 Å². The van der Waals surface area contributed by atoms with Crippen LogP contribution in [0.15, 0.2) is 30.3 Å². The van der Waals surface area contributed by atoms with Gasteiger partial charge in [-0.15, -0.1) is 0 Å². The zero-order chi connectivity index (χ0) is 20.6. The van der Waals surface area contributed by atoms with Gasteiger partial charge < -0.3 is 15.2 Å². The quantitative estimate of drug-likeness (QED) is 0.652. The molecule has 0 aromatic heterocycles. The maximum absolute atomic E-state index is 14.2. The fraction of sp³-hybridized carbons (Fsp3) is 0.278. The van der Waals surface area contributed by atoms with Crippen molar-refractivity contribution in [2.45, 2.75) is 25.6 Å². The van der Waals surface area contributed by atoms with Gasteiger partial charge in [0, 0.05) is 5.69 Å². The number of carbonyl (C=O) groups excluding carboxylic acids is 1. The number of phenolic OH excluding ortho intramolecular Hbond substituents is 1. The van der Waals surface area contributed by atoms with E-state index < -0.39 is 23.2 Å².